The maximum Gasteiger partial charge on any atom is 0.126 e. The molecule has 1 aromatic rings. The van der Waals surface area contributed by atoms with Crippen molar-refractivity contribution in [2.24, 2.45) is 0 Å². The van der Waals surface area contributed by atoms with Gasteiger partial charge in [0.2, 0.25) is 0 Å². The Morgan fingerprint density at radius 1 is 1.43 bits per heavy atom. The normalized spacial score (nSPS) is 10.8. The van der Waals surface area contributed by atoms with Gasteiger partial charge in [0, 0.05) is 5.56 Å². The van der Waals surface area contributed by atoms with Crippen LogP contribution in [0, 0.1) is 0 Å². The van der Waals surface area contributed by atoms with Gasteiger partial charge in [-0.1, -0.05) is 31.2 Å². The van der Waals surface area contributed by atoms with Crippen LogP contribution in [0.5, 0.6) is 5.75 Å². The fourth-order valence-electron chi connectivity index (χ4n) is 1.24. The van der Waals surface area contributed by atoms with Crippen molar-refractivity contribution < 1.29 is 9.84 Å². The molecular formula is C12H16O2. The Labute approximate surface area is 84.8 Å². The van der Waals surface area contributed by atoms with Crippen LogP contribution in [-0.2, 0) is 6.61 Å². The average Bonchev–Trinajstić information content (AvgIpc) is 2.26. The highest BCUT2D eigenvalue weighted by molar-refractivity contribution is 5.58. The summed E-state index contributed by atoms with van der Waals surface area (Å²) in [5, 5.41) is 8.95. The zero-order chi connectivity index (χ0) is 10.4. The van der Waals surface area contributed by atoms with Crippen LogP contribution in [0.1, 0.15) is 24.5 Å². The molecule has 14 heavy (non-hydrogen) atoms. The third-order valence-corrected chi connectivity index (χ3v) is 2.01. The second-order valence-corrected chi connectivity index (χ2v) is 3.05. The first-order valence-corrected chi connectivity index (χ1v) is 4.76. The van der Waals surface area contributed by atoms with Crippen LogP contribution in [0.4, 0.5) is 0 Å². The summed E-state index contributed by atoms with van der Waals surface area (Å²) in [5.74, 6) is 0.807. The van der Waals surface area contributed by atoms with Gasteiger partial charge in [0.1, 0.15) is 5.75 Å². The molecule has 76 valence electrons. The van der Waals surface area contributed by atoms with E-state index in [1.807, 2.05) is 24.3 Å². The van der Waals surface area contributed by atoms with Crippen LogP contribution in [0.3, 0.4) is 0 Å². The maximum absolute atomic E-state index is 8.95. The van der Waals surface area contributed by atoms with Crippen molar-refractivity contribution in [1.29, 1.82) is 0 Å². The van der Waals surface area contributed by atoms with Gasteiger partial charge in [0.15, 0.2) is 0 Å². The second kappa shape index (κ2) is 5.45. The highest BCUT2D eigenvalue weighted by Crippen LogP contribution is 2.21. The quantitative estimate of drug-likeness (QED) is 0.794. The predicted molar refractivity (Wildman–Crippen MR) is 58.2 cm³/mol. The molecule has 0 fully saturated rings. The Kier molecular flexibility index (Phi) is 4.20. The molecule has 0 saturated carbocycles. The van der Waals surface area contributed by atoms with E-state index in [2.05, 4.69) is 13.0 Å². The van der Waals surface area contributed by atoms with E-state index in [0.29, 0.717) is 0 Å². The standard InChI is InChI=1S/C12H16O2/c1-3-4-5-11-7-6-10(9-13)8-12(11)14-2/h4-8,13H,3,9H2,1-2H3/b5-4+. The third-order valence-electron chi connectivity index (χ3n) is 2.01. The lowest BCUT2D eigenvalue weighted by Gasteiger charge is -2.06. The number of hydrogen-bond acceptors (Lipinski definition) is 2. The molecule has 0 radical (unpaired) electrons. The van der Waals surface area contributed by atoms with Crippen LogP contribution in [-0.4, -0.2) is 12.2 Å². The molecule has 2 nitrogen and oxygen atoms in total. The molecule has 2 heteroatoms. The fourth-order valence-corrected chi connectivity index (χ4v) is 1.24. The van der Waals surface area contributed by atoms with E-state index in [1.165, 1.54) is 0 Å². The van der Waals surface area contributed by atoms with Crippen LogP contribution in [0.25, 0.3) is 6.08 Å². The Morgan fingerprint density at radius 3 is 2.79 bits per heavy atom. The second-order valence-electron chi connectivity index (χ2n) is 3.05. The zero-order valence-corrected chi connectivity index (χ0v) is 8.66. The van der Waals surface area contributed by atoms with Crippen molar-refractivity contribution in [1.82, 2.24) is 0 Å². The lowest BCUT2D eigenvalue weighted by atomic mass is 10.1. The largest absolute Gasteiger partial charge is 0.496 e. The van der Waals surface area contributed by atoms with Crippen molar-refractivity contribution in [3.63, 3.8) is 0 Å². The fraction of sp³-hybridized carbons (Fsp3) is 0.333. The number of benzene rings is 1. The number of rotatable bonds is 4. The molecule has 1 rings (SSSR count). The van der Waals surface area contributed by atoms with Gasteiger partial charge in [0.25, 0.3) is 0 Å². The number of methoxy groups -OCH3 is 1. The lowest BCUT2D eigenvalue weighted by molar-refractivity contribution is 0.281. The van der Waals surface area contributed by atoms with Crippen molar-refractivity contribution in [2.45, 2.75) is 20.0 Å². The Hall–Kier alpha value is -1.28. The highest BCUT2D eigenvalue weighted by atomic mass is 16.5. The Morgan fingerprint density at radius 2 is 2.21 bits per heavy atom. The van der Waals surface area contributed by atoms with E-state index in [9.17, 15) is 0 Å². The summed E-state index contributed by atoms with van der Waals surface area (Å²) in [6.07, 6.45) is 5.11. The van der Waals surface area contributed by atoms with Crippen LogP contribution in [0.2, 0.25) is 0 Å². The summed E-state index contributed by atoms with van der Waals surface area (Å²) in [6.45, 7) is 2.14. The van der Waals surface area contributed by atoms with Crippen molar-refractivity contribution in [3.8, 4) is 5.75 Å². The monoisotopic (exact) mass is 192 g/mol. The number of aliphatic hydroxyl groups is 1. The first-order chi connectivity index (χ1) is 6.81. The number of ether oxygens (including phenoxy) is 1. The van der Waals surface area contributed by atoms with E-state index in [0.717, 1.165) is 23.3 Å². The van der Waals surface area contributed by atoms with E-state index in [-0.39, 0.29) is 6.61 Å². The average molecular weight is 192 g/mol. The van der Waals surface area contributed by atoms with Crippen LogP contribution < -0.4 is 4.74 Å². The molecule has 1 N–H and O–H groups in total. The molecule has 0 bridgehead atoms. The van der Waals surface area contributed by atoms with E-state index in [1.54, 1.807) is 7.11 Å². The maximum atomic E-state index is 8.95. The number of aliphatic hydroxyl groups excluding tert-OH is 1. The molecule has 0 spiro atoms. The molecule has 0 aliphatic rings. The number of allylic oxidation sites excluding steroid dienone is 1. The minimum absolute atomic E-state index is 0.0497. The van der Waals surface area contributed by atoms with Crippen molar-refractivity contribution >= 4 is 6.08 Å². The molecule has 0 saturated heterocycles. The van der Waals surface area contributed by atoms with Gasteiger partial charge in [0.05, 0.1) is 13.7 Å². The smallest absolute Gasteiger partial charge is 0.126 e. The van der Waals surface area contributed by atoms with Crippen molar-refractivity contribution in [3.05, 3.63) is 35.4 Å². The zero-order valence-electron chi connectivity index (χ0n) is 8.66. The first kappa shape index (κ1) is 10.8. The van der Waals surface area contributed by atoms with Gasteiger partial charge in [-0.05, 0) is 18.1 Å². The molecular weight excluding hydrogens is 176 g/mol. The summed E-state index contributed by atoms with van der Waals surface area (Å²) in [4.78, 5) is 0. The summed E-state index contributed by atoms with van der Waals surface area (Å²) >= 11 is 0. The van der Waals surface area contributed by atoms with Gasteiger partial charge < -0.3 is 9.84 Å². The van der Waals surface area contributed by atoms with Crippen LogP contribution >= 0.6 is 0 Å². The SMILES string of the molecule is CC/C=C/c1ccc(CO)cc1OC. The third kappa shape index (κ3) is 2.60. The van der Waals surface area contributed by atoms with Gasteiger partial charge >= 0.3 is 0 Å². The first-order valence-electron chi connectivity index (χ1n) is 4.76. The molecule has 0 aliphatic heterocycles. The topological polar surface area (TPSA) is 29.5 Å². The summed E-state index contributed by atoms with van der Waals surface area (Å²) in [5.41, 5.74) is 1.92. The summed E-state index contributed by atoms with van der Waals surface area (Å²) in [6, 6.07) is 5.71. The number of hydrogen-bond donors (Lipinski definition) is 1. The predicted octanol–water partition coefficient (Wildman–Crippen LogP) is 2.61. The molecule has 0 atom stereocenters. The Balaban J connectivity index is 2.99. The van der Waals surface area contributed by atoms with Crippen LogP contribution in [0.15, 0.2) is 24.3 Å². The van der Waals surface area contributed by atoms with E-state index < -0.39 is 0 Å². The van der Waals surface area contributed by atoms with Gasteiger partial charge in [-0.15, -0.1) is 0 Å². The highest BCUT2D eigenvalue weighted by Gasteiger charge is 2.00. The molecule has 0 heterocycles. The molecule has 0 aromatic heterocycles. The molecule has 0 amide bonds. The molecule has 0 unspecified atom stereocenters. The summed E-state index contributed by atoms with van der Waals surface area (Å²) < 4.78 is 5.22. The minimum atomic E-state index is 0.0497. The lowest BCUT2D eigenvalue weighted by Crippen LogP contribution is -1.90. The Bertz CT molecular complexity index is 316. The molecule has 0 aliphatic carbocycles. The van der Waals surface area contributed by atoms with Crippen molar-refractivity contribution in [2.75, 3.05) is 7.11 Å². The van der Waals surface area contributed by atoms with E-state index >= 15 is 0 Å². The minimum Gasteiger partial charge on any atom is -0.496 e. The summed E-state index contributed by atoms with van der Waals surface area (Å²) in [7, 11) is 1.64. The van der Waals surface area contributed by atoms with Gasteiger partial charge in [-0.2, -0.15) is 0 Å². The van der Waals surface area contributed by atoms with Gasteiger partial charge in [-0.25, -0.2) is 0 Å². The van der Waals surface area contributed by atoms with Gasteiger partial charge in [-0.3, -0.25) is 0 Å². The molecule has 1 aromatic carbocycles. The van der Waals surface area contributed by atoms with E-state index in [4.69, 9.17) is 9.84 Å².